The van der Waals surface area contributed by atoms with E-state index >= 15 is 0 Å². The SMILES string of the molecule is O=[N+]1Cc2ccccc2-c2ccccc21. The highest BCUT2D eigenvalue weighted by Crippen LogP contribution is 2.37. The Labute approximate surface area is 87.8 Å². The van der Waals surface area contributed by atoms with Crippen LogP contribution < -0.4 is 0 Å². The largest absolute Gasteiger partial charge is 0.264 e. The molecule has 0 atom stereocenters. The Morgan fingerprint density at radius 3 is 2.40 bits per heavy atom. The zero-order chi connectivity index (χ0) is 10.3. The maximum Gasteiger partial charge on any atom is 0.264 e. The minimum Gasteiger partial charge on any atom is -0.0617 e. The Morgan fingerprint density at radius 2 is 1.53 bits per heavy atom. The first kappa shape index (κ1) is 8.36. The Hall–Kier alpha value is -1.96. The van der Waals surface area contributed by atoms with Crippen LogP contribution in [0.1, 0.15) is 5.56 Å². The second-order valence-electron chi connectivity index (χ2n) is 3.71. The Kier molecular flexibility index (Phi) is 1.68. The standard InChI is InChI=1S/C13H10NO/c15-14-9-10-5-1-2-6-11(10)12-7-3-4-8-13(12)14/h1-8H,9H2/q+1. The smallest absolute Gasteiger partial charge is 0.0617 e. The van der Waals surface area contributed by atoms with Gasteiger partial charge < -0.3 is 0 Å². The molecule has 0 bridgehead atoms. The number of fused-ring (bicyclic) bond motifs is 3. The lowest BCUT2D eigenvalue weighted by atomic mass is 9.95. The quantitative estimate of drug-likeness (QED) is 0.592. The molecule has 0 fully saturated rings. The number of para-hydroxylation sites is 1. The molecule has 3 rings (SSSR count). The first-order valence-corrected chi connectivity index (χ1v) is 4.98. The molecule has 0 saturated heterocycles. The molecule has 72 valence electrons. The summed E-state index contributed by atoms with van der Waals surface area (Å²) in [5.41, 5.74) is 4.09. The van der Waals surface area contributed by atoms with Crippen molar-refractivity contribution < 1.29 is 4.76 Å². The van der Waals surface area contributed by atoms with Gasteiger partial charge in [-0.1, -0.05) is 36.4 Å². The third kappa shape index (κ3) is 1.18. The Bertz CT molecular complexity index is 546. The molecule has 2 heteroatoms. The van der Waals surface area contributed by atoms with Crippen LogP contribution in [-0.2, 0) is 6.54 Å². The fourth-order valence-corrected chi connectivity index (χ4v) is 2.08. The minimum absolute atomic E-state index is 0.452. The molecule has 0 saturated carbocycles. The van der Waals surface area contributed by atoms with Crippen molar-refractivity contribution in [1.29, 1.82) is 0 Å². The van der Waals surface area contributed by atoms with Gasteiger partial charge in [0.05, 0.1) is 5.56 Å². The normalized spacial score (nSPS) is 13.2. The van der Waals surface area contributed by atoms with Crippen molar-refractivity contribution in [3.8, 4) is 11.1 Å². The molecule has 0 radical (unpaired) electrons. The molecule has 0 spiro atoms. The third-order valence-corrected chi connectivity index (χ3v) is 2.79. The van der Waals surface area contributed by atoms with E-state index in [4.69, 9.17) is 0 Å². The first-order valence-electron chi connectivity index (χ1n) is 4.98. The van der Waals surface area contributed by atoms with Crippen LogP contribution in [0.15, 0.2) is 48.5 Å². The number of benzene rings is 2. The van der Waals surface area contributed by atoms with E-state index in [2.05, 4.69) is 6.07 Å². The van der Waals surface area contributed by atoms with E-state index in [-0.39, 0.29) is 0 Å². The predicted octanol–water partition coefficient (Wildman–Crippen LogP) is 3.28. The van der Waals surface area contributed by atoms with Gasteiger partial charge in [-0.3, -0.25) is 0 Å². The number of nitroso groups, excluding NO2 is 1. The van der Waals surface area contributed by atoms with Gasteiger partial charge in [-0.05, 0) is 11.6 Å². The van der Waals surface area contributed by atoms with Gasteiger partial charge in [0.1, 0.15) is 0 Å². The number of hydrogen-bond donors (Lipinski definition) is 0. The summed E-state index contributed by atoms with van der Waals surface area (Å²) in [5, 5.41) is 0. The van der Waals surface area contributed by atoms with E-state index in [0.29, 0.717) is 6.54 Å². The average Bonchev–Trinajstić information content (AvgIpc) is 2.30. The van der Waals surface area contributed by atoms with Crippen molar-refractivity contribution in [2.45, 2.75) is 6.54 Å². The second-order valence-corrected chi connectivity index (χ2v) is 3.71. The van der Waals surface area contributed by atoms with Crippen LogP contribution in [0.5, 0.6) is 0 Å². The maximum absolute atomic E-state index is 11.8. The van der Waals surface area contributed by atoms with Crippen LogP contribution in [0.25, 0.3) is 11.1 Å². The summed E-state index contributed by atoms with van der Waals surface area (Å²) < 4.78 is 1.05. The molecule has 2 nitrogen and oxygen atoms in total. The molecular formula is C13H10NO+. The lowest BCUT2D eigenvalue weighted by Gasteiger charge is -2.12. The predicted molar refractivity (Wildman–Crippen MR) is 58.9 cm³/mol. The average molecular weight is 196 g/mol. The van der Waals surface area contributed by atoms with Gasteiger partial charge in [0, 0.05) is 21.3 Å². The monoisotopic (exact) mass is 196 g/mol. The van der Waals surface area contributed by atoms with Crippen molar-refractivity contribution in [2.24, 2.45) is 0 Å². The van der Waals surface area contributed by atoms with Crippen molar-refractivity contribution >= 4 is 5.69 Å². The van der Waals surface area contributed by atoms with Gasteiger partial charge in [-0.15, -0.1) is 0 Å². The Balaban J connectivity index is 2.34. The molecule has 1 aliphatic rings. The molecule has 0 amide bonds. The Morgan fingerprint density at radius 1 is 0.867 bits per heavy atom. The molecule has 1 heterocycles. The molecule has 0 aromatic heterocycles. The third-order valence-electron chi connectivity index (χ3n) is 2.79. The summed E-state index contributed by atoms with van der Waals surface area (Å²) >= 11 is 0. The van der Waals surface area contributed by atoms with Crippen LogP contribution >= 0.6 is 0 Å². The van der Waals surface area contributed by atoms with Crippen molar-refractivity contribution in [1.82, 2.24) is 0 Å². The maximum atomic E-state index is 11.8. The number of nitrogens with zero attached hydrogens (tertiary/aromatic N) is 1. The molecule has 1 aliphatic heterocycles. The number of hydrogen-bond acceptors (Lipinski definition) is 1. The molecule has 2 aromatic rings. The van der Waals surface area contributed by atoms with E-state index in [9.17, 15) is 4.91 Å². The summed E-state index contributed by atoms with van der Waals surface area (Å²) in [6.45, 7) is 0.452. The van der Waals surface area contributed by atoms with Crippen LogP contribution in [0.4, 0.5) is 5.69 Å². The van der Waals surface area contributed by atoms with Gasteiger partial charge in [-0.2, -0.15) is 0 Å². The highest BCUT2D eigenvalue weighted by molar-refractivity contribution is 5.77. The molecule has 15 heavy (non-hydrogen) atoms. The highest BCUT2D eigenvalue weighted by Gasteiger charge is 2.27. The van der Waals surface area contributed by atoms with E-state index in [1.165, 1.54) is 5.56 Å². The topological polar surface area (TPSA) is 20.1 Å². The molecular weight excluding hydrogens is 186 g/mol. The van der Waals surface area contributed by atoms with Crippen LogP contribution in [0, 0.1) is 4.91 Å². The van der Waals surface area contributed by atoms with Crippen molar-refractivity contribution in [2.75, 3.05) is 0 Å². The zero-order valence-corrected chi connectivity index (χ0v) is 8.18. The fourth-order valence-electron chi connectivity index (χ4n) is 2.08. The summed E-state index contributed by atoms with van der Waals surface area (Å²) in [6.07, 6.45) is 0. The highest BCUT2D eigenvalue weighted by atomic mass is 16.3. The molecule has 0 unspecified atom stereocenters. The zero-order valence-electron chi connectivity index (χ0n) is 8.18. The van der Waals surface area contributed by atoms with Crippen LogP contribution in [-0.4, -0.2) is 4.76 Å². The van der Waals surface area contributed by atoms with E-state index in [1.807, 2.05) is 42.5 Å². The lowest BCUT2D eigenvalue weighted by Crippen LogP contribution is -2.09. The van der Waals surface area contributed by atoms with Crippen LogP contribution in [0.2, 0.25) is 0 Å². The second kappa shape index (κ2) is 3.02. The number of rotatable bonds is 0. The van der Waals surface area contributed by atoms with Crippen LogP contribution in [0.3, 0.4) is 0 Å². The van der Waals surface area contributed by atoms with Gasteiger partial charge in [0.25, 0.3) is 5.69 Å². The minimum atomic E-state index is 0.452. The lowest BCUT2D eigenvalue weighted by molar-refractivity contribution is -0.481. The van der Waals surface area contributed by atoms with Gasteiger partial charge in [0.2, 0.25) is 6.54 Å². The molecule has 0 N–H and O–H groups in total. The van der Waals surface area contributed by atoms with Crippen molar-refractivity contribution in [3.05, 3.63) is 59.0 Å². The van der Waals surface area contributed by atoms with E-state index in [1.54, 1.807) is 0 Å². The summed E-state index contributed by atoms with van der Waals surface area (Å²) in [4.78, 5) is 11.8. The van der Waals surface area contributed by atoms with Gasteiger partial charge in [-0.25, -0.2) is 0 Å². The van der Waals surface area contributed by atoms with E-state index < -0.39 is 0 Å². The molecule has 2 aromatic carbocycles. The summed E-state index contributed by atoms with van der Waals surface area (Å²) in [5.74, 6) is 0. The van der Waals surface area contributed by atoms with Gasteiger partial charge >= 0.3 is 0 Å². The summed E-state index contributed by atoms with van der Waals surface area (Å²) in [6, 6.07) is 15.8. The summed E-state index contributed by atoms with van der Waals surface area (Å²) in [7, 11) is 0. The van der Waals surface area contributed by atoms with Crippen molar-refractivity contribution in [3.63, 3.8) is 0 Å². The first-order chi connectivity index (χ1) is 7.36. The van der Waals surface area contributed by atoms with E-state index in [0.717, 1.165) is 21.6 Å². The fraction of sp³-hybridized carbons (Fsp3) is 0.0769. The molecule has 0 aliphatic carbocycles. The van der Waals surface area contributed by atoms with Gasteiger partial charge in [0.15, 0.2) is 0 Å².